The molecule has 1 atom stereocenters. The molecule has 2 amide bonds. The van der Waals surface area contributed by atoms with Gasteiger partial charge in [-0.15, -0.1) is 21.5 Å². The summed E-state index contributed by atoms with van der Waals surface area (Å²) in [6, 6.07) is 6.65. The van der Waals surface area contributed by atoms with E-state index in [1.54, 1.807) is 63.6 Å². The van der Waals surface area contributed by atoms with E-state index in [1.807, 2.05) is 0 Å². The molecule has 0 bridgehead atoms. The Labute approximate surface area is 250 Å². The Bertz CT molecular complexity index is 1410. The summed E-state index contributed by atoms with van der Waals surface area (Å²) in [4.78, 5) is 50.5. The van der Waals surface area contributed by atoms with Crippen molar-refractivity contribution in [2.45, 2.75) is 44.6 Å². The van der Waals surface area contributed by atoms with Crippen LogP contribution in [0.2, 0.25) is 5.02 Å². The number of carbonyl (C=O) groups is 4. The van der Waals surface area contributed by atoms with Crippen molar-refractivity contribution in [2.24, 2.45) is 7.05 Å². The number of amides is 2. The molecule has 2 N–H and O–H groups in total. The highest BCUT2D eigenvalue weighted by Gasteiger charge is 2.29. The number of esters is 2. The van der Waals surface area contributed by atoms with Gasteiger partial charge in [-0.25, -0.2) is 9.59 Å². The van der Waals surface area contributed by atoms with E-state index in [9.17, 15) is 19.2 Å². The monoisotopic (exact) mass is 623 g/mol. The highest BCUT2D eigenvalue weighted by Crippen LogP contribution is 2.35. The largest absolute Gasteiger partial charge is 0.484 e. The van der Waals surface area contributed by atoms with E-state index < -0.39 is 23.1 Å². The first-order chi connectivity index (χ1) is 19.5. The van der Waals surface area contributed by atoms with E-state index in [4.69, 9.17) is 25.8 Å². The quantitative estimate of drug-likeness (QED) is 0.211. The Morgan fingerprint density at radius 2 is 1.73 bits per heavy atom. The van der Waals surface area contributed by atoms with Crippen LogP contribution in [0.3, 0.4) is 0 Å². The summed E-state index contributed by atoms with van der Waals surface area (Å²) < 4.78 is 17.3. The molecule has 0 spiro atoms. The predicted octanol–water partition coefficient (Wildman–Crippen LogP) is 4.01. The van der Waals surface area contributed by atoms with Crippen molar-refractivity contribution in [1.82, 2.24) is 20.1 Å². The van der Waals surface area contributed by atoms with E-state index in [0.717, 1.165) is 23.1 Å². The molecule has 1 aromatic carbocycles. The lowest BCUT2D eigenvalue weighted by Crippen LogP contribution is -2.29. The Kier molecular flexibility index (Phi) is 11.6. The number of rotatable bonds is 13. The van der Waals surface area contributed by atoms with Crippen molar-refractivity contribution in [3.63, 3.8) is 0 Å². The number of thiophene rings is 1. The number of nitrogens with zero attached hydrogens (tertiary/aromatic N) is 3. The van der Waals surface area contributed by atoms with Crippen LogP contribution < -0.4 is 15.4 Å². The number of thioether (sulfide) groups is 1. The number of aromatic nitrogens is 3. The minimum absolute atomic E-state index is 0.0987. The summed E-state index contributed by atoms with van der Waals surface area (Å²) in [5, 5.41) is 14.2. The summed E-state index contributed by atoms with van der Waals surface area (Å²) in [5.41, 5.74) is 0.489. The molecule has 0 aliphatic heterocycles. The fourth-order valence-corrected chi connectivity index (χ4v) is 5.43. The van der Waals surface area contributed by atoms with Gasteiger partial charge in [0, 0.05) is 12.1 Å². The molecule has 0 saturated heterocycles. The van der Waals surface area contributed by atoms with Crippen molar-refractivity contribution in [3.8, 4) is 5.75 Å². The van der Waals surface area contributed by atoms with Crippen LogP contribution in [-0.4, -0.2) is 63.6 Å². The molecule has 41 heavy (non-hydrogen) atoms. The second kappa shape index (κ2) is 14.8. The molecule has 12 nitrogen and oxygen atoms in total. The Hall–Kier alpha value is -3.62. The number of hydrogen-bond donors (Lipinski definition) is 2. The molecule has 0 fully saturated rings. The molecule has 0 radical (unpaired) electrons. The first-order valence-corrected chi connectivity index (χ1v) is 14.6. The van der Waals surface area contributed by atoms with Gasteiger partial charge >= 0.3 is 11.9 Å². The summed E-state index contributed by atoms with van der Waals surface area (Å²) in [7, 11) is 1.71. The minimum Gasteiger partial charge on any atom is -0.484 e. The Morgan fingerprint density at radius 1 is 1.07 bits per heavy atom. The van der Waals surface area contributed by atoms with E-state index in [2.05, 4.69) is 20.8 Å². The SMILES string of the molecule is CCOC(=O)c1sc(NC(=O)[C@@H](C)Sc2nnc(CNC(=O)COc3ccc(Cl)cc3)n2C)c(C(=O)OCC)c1C. The molecular formula is C26H30ClN5O7S2. The lowest BCUT2D eigenvalue weighted by molar-refractivity contribution is -0.123. The molecule has 15 heteroatoms. The second-order valence-electron chi connectivity index (χ2n) is 8.43. The van der Waals surface area contributed by atoms with Crippen molar-refractivity contribution < 1.29 is 33.4 Å². The second-order valence-corrected chi connectivity index (χ2v) is 11.2. The van der Waals surface area contributed by atoms with Crippen LogP contribution in [0.1, 0.15) is 52.2 Å². The van der Waals surface area contributed by atoms with Gasteiger partial charge in [-0.2, -0.15) is 0 Å². The third-order valence-corrected chi connectivity index (χ3v) is 8.10. The van der Waals surface area contributed by atoms with Crippen LogP contribution in [0, 0.1) is 6.92 Å². The number of ether oxygens (including phenoxy) is 3. The van der Waals surface area contributed by atoms with E-state index >= 15 is 0 Å². The molecule has 3 aromatic rings. The van der Waals surface area contributed by atoms with Crippen LogP contribution in [0.25, 0.3) is 0 Å². The fraction of sp³-hybridized carbons (Fsp3) is 0.385. The zero-order valence-corrected chi connectivity index (χ0v) is 25.5. The van der Waals surface area contributed by atoms with E-state index in [0.29, 0.717) is 27.3 Å². The van der Waals surface area contributed by atoms with E-state index in [-0.39, 0.29) is 47.7 Å². The molecule has 0 aliphatic rings. The van der Waals surface area contributed by atoms with Gasteiger partial charge in [0.2, 0.25) is 5.91 Å². The van der Waals surface area contributed by atoms with Crippen molar-refractivity contribution >= 4 is 63.5 Å². The maximum Gasteiger partial charge on any atom is 0.348 e. The highest BCUT2D eigenvalue weighted by molar-refractivity contribution is 8.00. The number of halogens is 1. The zero-order valence-electron chi connectivity index (χ0n) is 23.1. The molecule has 3 rings (SSSR count). The van der Waals surface area contributed by atoms with Crippen LogP contribution in [0.15, 0.2) is 29.4 Å². The smallest absolute Gasteiger partial charge is 0.348 e. The van der Waals surface area contributed by atoms with Crippen molar-refractivity contribution in [1.29, 1.82) is 0 Å². The van der Waals surface area contributed by atoms with E-state index in [1.165, 1.54) is 0 Å². The summed E-state index contributed by atoms with van der Waals surface area (Å²) >= 11 is 7.93. The molecule has 220 valence electrons. The molecular weight excluding hydrogens is 594 g/mol. The standard InChI is InChI=1S/C26H30ClN5O7S2/c1-6-37-24(35)20-14(3)21(25(36)38-7-2)41-23(20)29-22(34)15(4)40-26-31-30-18(32(26)5)12-28-19(33)13-39-17-10-8-16(27)9-11-17/h8-11,15H,6-7,12-13H2,1-5H3,(H,28,33)(H,29,34)/t15-/m1/s1. The third kappa shape index (κ3) is 8.44. The van der Waals surface area contributed by atoms with Gasteiger partial charge in [-0.1, -0.05) is 23.4 Å². The van der Waals surface area contributed by atoms with Gasteiger partial charge in [0.1, 0.15) is 15.6 Å². The van der Waals surface area contributed by atoms with Crippen molar-refractivity contribution in [3.05, 3.63) is 51.1 Å². The highest BCUT2D eigenvalue weighted by atomic mass is 35.5. The Balaban J connectivity index is 1.61. The number of benzene rings is 1. The van der Waals surface area contributed by atoms with Crippen LogP contribution in [0.4, 0.5) is 5.00 Å². The number of hydrogen-bond acceptors (Lipinski definition) is 11. The molecule has 0 saturated carbocycles. The summed E-state index contributed by atoms with van der Waals surface area (Å²) in [5.74, 6) is -1.02. The summed E-state index contributed by atoms with van der Waals surface area (Å²) in [6.45, 7) is 6.82. The number of carbonyl (C=O) groups excluding carboxylic acids is 4. The number of nitrogens with one attached hydrogen (secondary N) is 2. The molecule has 0 unspecified atom stereocenters. The van der Waals surface area contributed by atoms with Gasteiger partial charge in [0.15, 0.2) is 17.6 Å². The van der Waals surface area contributed by atoms with Crippen LogP contribution in [0.5, 0.6) is 5.75 Å². The average molecular weight is 624 g/mol. The van der Waals surface area contributed by atoms with Crippen molar-refractivity contribution in [2.75, 3.05) is 25.1 Å². The lowest BCUT2D eigenvalue weighted by atomic mass is 10.1. The normalized spacial score (nSPS) is 11.5. The Morgan fingerprint density at radius 3 is 2.39 bits per heavy atom. The maximum absolute atomic E-state index is 13.1. The maximum atomic E-state index is 13.1. The first-order valence-electron chi connectivity index (χ1n) is 12.5. The first kappa shape index (κ1) is 31.9. The fourth-order valence-electron chi connectivity index (χ4n) is 3.38. The summed E-state index contributed by atoms with van der Waals surface area (Å²) in [6.07, 6.45) is 0. The molecule has 2 aromatic heterocycles. The third-order valence-electron chi connectivity index (χ3n) is 5.53. The molecule has 0 aliphatic carbocycles. The van der Waals surface area contributed by atoms with Gasteiger partial charge in [-0.3, -0.25) is 9.59 Å². The predicted molar refractivity (Wildman–Crippen MR) is 155 cm³/mol. The van der Waals surface area contributed by atoms with Crippen LogP contribution >= 0.6 is 34.7 Å². The minimum atomic E-state index is -0.656. The van der Waals surface area contributed by atoms with Gasteiger partial charge in [0.05, 0.1) is 30.6 Å². The number of anilines is 1. The topological polar surface area (TPSA) is 151 Å². The lowest BCUT2D eigenvalue weighted by Gasteiger charge is -2.12. The van der Waals surface area contributed by atoms with Gasteiger partial charge < -0.3 is 29.4 Å². The molecule has 2 heterocycles. The van der Waals surface area contributed by atoms with Gasteiger partial charge in [-0.05, 0) is 57.5 Å². The zero-order chi connectivity index (χ0) is 30.1. The van der Waals surface area contributed by atoms with Crippen LogP contribution in [-0.2, 0) is 32.7 Å². The average Bonchev–Trinajstić information content (AvgIpc) is 3.45. The van der Waals surface area contributed by atoms with Gasteiger partial charge in [0.25, 0.3) is 5.91 Å².